The number of halogens is 1. The Morgan fingerprint density at radius 1 is 1.15 bits per heavy atom. The average molecular weight is 397 g/mol. The first-order chi connectivity index (χ1) is 13.0. The molecule has 2 rings (SSSR count). The molecule has 0 saturated carbocycles. The molecule has 0 aromatic heterocycles. The van der Waals surface area contributed by atoms with Crippen LogP contribution in [0.15, 0.2) is 18.2 Å². The van der Waals surface area contributed by atoms with Crippen LogP contribution in [0.2, 0.25) is 0 Å². The van der Waals surface area contributed by atoms with Gasteiger partial charge in [0.05, 0.1) is 24.7 Å². The van der Waals surface area contributed by atoms with Crippen molar-refractivity contribution >= 4 is 29.5 Å². The molecule has 0 radical (unpaired) electrons. The molecule has 27 heavy (non-hydrogen) atoms. The Balaban J connectivity index is 1.57. The molecule has 1 aliphatic rings. The van der Waals surface area contributed by atoms with E-state index in [9.17, 15) is 18.8 Å². The molecule has 0 unspecified atom stereocenters. The maximum absolute atomic E-state index is 13.5. The van der Waals surface area contributed by atoms with Crippen LogP contribution in [0.3, 0.4) is 0 Å². The maximum Gasteiger partial charge on any atom is 0.251 e. The molecular weight excluding hydrogens is 373 g/mol. The van der Waals surface area contributed by atoms with E-state index in [1.807, 2.05) is 0 Å². The molecule has 0 bridgehead atoms. The summed E-state index contributed by atoms with van der Waals surface area (Å²) in [5.74, 6) is -0.594. The molecule has 2 N–H and O–H groups in total. The number of hydrogen-bond acceptors (Lipinski definition) is 5. The van der Waals surface area contributed by atoms with Gasteiger partial charge in [-0.25, -0.2) is 4.39 Å². The number of thioether (sulfide) groups is 1. The van der Waals surface area contributed by atoms with Crippen LogP contribution in [-0.4, -0.2) is 73.5 Å². The quantitative estimate of drug-likeness (QED) is 0.627. The van der Waals surface area contributed by atoms with Crippen LogP contribution in [0.1, 0.15) is 15.9 Å². The van der Waals surface area contributed by atoms with Gasteiger partial charge in [-0.3, -0.25) is 14.4 Å². The van der Waals surface area contributed by atoms with E-state index in [1.54, 1.807) is 24.0 Å². The molecule has 0 atom stereocenters. The van der Waals surface area contributed by atoms with Crippen molar-refractivity contribution in [3.05, 3.63) is 35.1 Å². The van der Waals surface area contributed by atoms with Gasteiger partial charge in [-0.05, 0) is 24.6 Å². The predicted octanol–water partition coefficient (Wildman–Crippen LogP) is 0.572. The monoisotopic (exact) mass is 397 g/mol. The standard InChI is InChI=1S/C18H24FN3O4S/c1-13-2-3-14(10-15(13)19)18(25)21-5-4-20-16(23)11-27-12-17(24)22-6-8-26-9-7-22/h2-3,10H,4-9,11-12H2,1H3,(H,20,23)(H,21,25). The minimum Gasteiger partial charge on any atom is -0.378 e. The van der Waals surface area contributed by atoms with Gasteiger partial charge in [-0.15, -0.1) is 11.8 Å². The molecule has 1 aromatic rings. The minimum atomic E-state index is -0.431. The number of carbonyl (C=O) groups excluding carboxylic acids is 3. The topological polar surface area (TPSA) is 87.7 Å². The van der Waals surface area contributed by atoms with E-state index < -0.39 is 11.7 Å². The zero-order valence-electron chi connectivity index (χ0n) is 15.3. The summed E-state index contributed by atoms with van der Waals surface area (Å²) in [6, 6.07) is 4.28. The van der Waals surface area contributed by atoms with E-state index in [-0.39, 0.29) is 42.0 Å². The van der Waals surface area contributed by atoms with Gasteiger partial charge in [0.25, 0.3) is 5.91 Å². The van der Waals surface area contributed by atoms with Crippen LogP contribution in [0, 0.1) is 12.7 Å². The van der Waals surface area contributed by atoms with Crippen molar-refractivity contribution in [3.63, 3.8) is 0 Å². The Morgan fingerprint density at radius 3 is 2.56 bits per heavy atom. The number of nitrogens with one attached hydrogen (secondary N) is 2. The molecule has 148 valence electrons. The van der Waals surface area contributed by atoms with Crippen molar-refractivity contribution in [2.24, 2.45) is 0 Å². The van der Waals surface area contributed by atoms with Gasteiger partial charge < -0.3 is 20.3 Å². The van der Waals surface area contributed by atoms with Crippen molar-refractivity contribution < 1.29 is 23.5 Å². The highest BCUT2D eigenvalue weighted by atomic mass is 32.2. The highest BCUT2D eigenvalue weighted by Crippen LogP contribution is 2.09. The van der Waals surface area contributed by atoms with Crippen molar-refractivity contribution in [1.29, 1.82) is 0 Å². The molecule has 1 aliphatic heterocycles. The van der Waals surface area contributed by atoms with E-state index in [0.29, 0.717) is 31.9 Å². The highest BCUT2D eigenvalue weighted by molar-refractivity contribution is 8.00. The van der Waals surface area contributed by atoms with Gasteiger partial charge >= 0.3 is 0 Å². The number of rotatable bonds is 8. The Kier molecular flexibility index (Phi) is 8.53. The second kappa shape index (κ2) is 10.9. The molecule has 0 aliphatic carbocycles. The predicted molar refractivity (Wildman–Crippen MR) is 101 cm³/mol. The van der Waals surface area contributed by atoms with Crippen LogP contribution in [0.5, 0.6) is 0 Å². The average Bonchev–Trinajstić information content (AvgIpc) is 2.67. The molecule has 1 aromatic carbocycles. The molecule has 1 saturated heterocycles. The lowest BCUT2D eigenvalue weighted by Gasteiger charge is -2.26. The summed E-state index contributed by atoms with van der Waals surface area (Å²) in [4.78, 5) is 37.3. The van der Waals surface area contributed by atoms with Gasteiger partial charge in [0.1, 0.15) is 5.82 Å². The molecule has 3 amide bonds. The lowest BCUT2D eigenvalue weighted by molar-refractivity contribution is -0.132. The highest BCUT2D eigenvalue weighted by Gasteiger charge is 2.16. The van der Waals surface area contributed by atoms with Crippen LogP contribution in [0.25, 0.3) is 0 Å². The summed E-state index contributed by atoms with van der Waals surface area (Å²) in [7, 11) is 0. The third-order valence-corrected chi connectivity index (χ3v) is 4.91. The molecule has 1 heterocycles. The lowest BCUT2D eigenvalue weighted by atomic mass is 10.1. The summed E-state index contributed by atoms with van der Waals surface area (Å²) in [5.41, 5.74) is 0.713. The second-order valence-electron chi connectivity index (χ2n) is 6.06. The van der Waals surface area contributed by atoms with Crippen molar-refractivity contribution in [3.8, 4) is 0 Å². The maximum atomic E-state index is 13.5. The largest absolute Gasteiger partial charge is 0.378 e. The Bertz CT molecular complexity index is 681. The fourth-order valence-electron chi connectivity index (χ4n) is 2.40. The van der Waals surface area contributed by atoms with E-state index in [2.05, 4.69) is 10.6 Å². The zero-order chi connectivity index (χ0) is 19.6. The fourth-order valence-corrected chi connectivity index (χ4v) is 3.15. The third kappa shape index (κ3) is 7.18. The number of nitrogens with zero attached hydrogens (tertiary/aromatic N) is 1. The van der Waals surface area contributed by atoms with Gasteiger partial charge in [0.2, 0.25) is 11.8 Å². The van der Waals surface area contributed by atoms with Gasteiger partial charge in [-0.1, -0.05) is 6.07 Å². The number of morpholine rings is 1. The first-order valence-corrected chi connectivity index (χ1v) is 9.87. The minimum absolute atomic E-state index is 0.00805. The molecule has 1 fully saturated rings. The second-order valence-corrected chi connectivity index (χ2v) is 7.04. The Labute approximate surface area is 162 Å². The number of hydrogen-bond donors (Lipinski definition) is 2. The molecular formula is C18H24FN3O4S. The first kappa shape index (κ1) is 21.2. The van der Waals surface area contributed by atoms with E-state index in [0.717, 1.165) is 0 Å². The van der Waals surface area contributed by atoms with Crippen LogP contribution >= 0.6 is 11.8 Å². The lowest BCUT2D eigenvalue weighted by Crippen LogP contribution is -2.41. The van der Waals surface area contributed by atoms with E-state index in [4.69, 9.17) is 4.74 Å². The first-order valence-electron chi connectivity index (χ1n) is 8.71. The molecule has 9 heteroatoms. The van der Waals surface area contributed by atoms with Crippen molar-refractivity contribution in [2.45, 2.75) is 6.92 Å². The van der Waals surface area contributed by atoms with E-state index in [1.165, 1.54) is 17.8 Å². The Morgan fingerprint density at radius 2 is 1.85 bits per heavy atom. The normalized spacial score (nSPS) is 13.9. The van der Waals surface area contributed by atoms with Crippen LogP contribution in [0.4, 0.5) is 4.39 Å². The van der Waals surface area contributed by atoms with Gasteiger partial charge in [0, 0.05) is 31.7 Å². The Hall–Kier alpha value is -2.13. The SMILES string of the molecule is Cc1ccc(C(=O)NCCNC(=O)CSCC(=O)N2CCOCC2)cc1F. The van der Waals surface area contributed by atoms with Crippen LogP contribution < -0.4 is 10.6 Å². The summed E-state index contributed by atoms with van der Waals surface area (Å²) in [5, 5.41) is 5.29. The summed E-state index contributed by atoms with van der Waals surface area (Å²) in [6.45, 7) is 4.41. The fraction of sp³-hybridized carbons (Fsp3) is 0.500. The van der Waals surface area contributed by atoms with Crippen molar-refractivity contribution in [2.75, 3.05) is 50.9 Å². The molecule has 0 spiro atoms. The summed E-state index contributed by atoms with van der Waals surface area (Å²) in [6.07, 6.45) is 0. The number of ether oxygens (including phenoxy) is 1. The smallest absolute Gasteiger partial charge is 0.251 e. The van der Waals surface area contributed by atoms with Crippen molar-refractivity contribution in [1.82, 2.24) is 15.5 Å². The van der Waals surface area contributed by atoms with Crippen LogP contribution in [-0.2, 0) is 14.3 Å². The van der Waals surface area contributed by atoms with E-state index >= 15 is 0 Å². The summed E-state index contributed by atoms with van der Waals surface area (Å²) >= 11 is 1.25. The molecule has 7 nitrogen and oxygen atoms in total. The number of aryl methyl sites for hydroxylation is 1. The summed E-state index contributed by atoms with van der Waals surface area (Å²) < 4.78 is 18.6. The van der Waals surface area contributed by atoms with Gasteiger partial charge in [-0.2, -0.15) is 0 Å². The van der Waals surface area contributed by atoms with Gasteiger partial charge in [0.15, 0.2) is 0 Å². The third-order valence-electron chi connectivity index (χ3n) is 3.99. The zero-order valence-corrected chi connectivity index (χ0v) is 16.1. The number of carbonyl (C=O) groups is 3. The number of benzene rings is 1. The number of amides is 3.